The first-order valence-electron chi connectivity index (χ1n) is 8.28. The van der Waals surface area contributed by atoms with Crippen LogP contribution in [0.3, 0.4) is 0 Å². The fourth-order valence-electron chi connectivity index (χ4n) is 1.97. The Labute approximate surface area is 172 Å². The summed E-state index contributed by atoms with van der Waals surface area (Å²) in [6, 6.07) is 0. The van der Waals surface area contributed by atoms with E-state index in [1.165, 1.54) is 0 Å². The summed E-state index contributed by atoms with van der Waals surface area (Å²) in [5.74, 6) is -1.23. The van der Waals surface area contributed by atoms with Gasteiger partial charge in [0.05, 0.1) is 0 Å². The molecule has 0 aliphatic rings. The Morgan fingerprint density at radius 3 is 1.89 bits per heavy atom. The summed E-state index contributed by atoms with van der Waals surface area (Å²) in [5.41, 5.74) is 5.65. The Balaban J connectivity index is 3.10. The molecule has 0 atom stereocenters. The molecular weight excluding hydrogens is 419 g/mol. The van der Waals surface area contributed by atoms with Crippen molar-refractivity contribution in [2.75, 3.05) is 33.6 Å². The number of carbonyl (C=O) groups is 3. The molecule has 0 saturated carbocycles. The zero-order valence-corrected chi connectivity index (χ0v) is 16.9. The van der Waals surface area contributed by atoms with Crippen LogP contribution in [0.1, 0.15) is 38.5 Å². The third-order valence-electron chi connectivity index (χ3n) is 3.18. The topological polar surface area (TPSA) is 131 Å². The summed E-state index contributed by atoms with van der Waals surface area (Å²) >= 11 is 16.8. The van der Waals surface area contributed by atoms with Crippen molar-refractivity contribution in [3.05, 3.63) is 0 Å². The van der Waals surface area contributed by atoms with Crippen LogP contribution in [-0.4, -0.2) is 50.3 Å². The molecule has 0 aliphatic carbocycles. The van der Waals surface area contributed by atoms with Crippen LogP contribution in [0.2, 0.25) is 0 Å². The Hall–Kier alpha value is -1.71. The van der Waals surface area contributed by atoms with Crippen molar-refractivity contribution < 1.29 is 14.4 Å². The van der Waals surface area contributed by atoms with Crippen molar-refractivity contribution in [2.24, 2.45) is 0 Å². The van der Waals surface area contributed by atoms with E-state index in [9.17, 15) is 14.4 Å². The van der Waals surface area contributed by atoms with Gasteiger partial charge in [0, 0.05) is 36.9 Å². The van der Waals surface area contributed by atoms with Gasteiger partial charge in [-0.15, -0.1) is 34.8 Å². The highest BCUT2D eigenvalue weighted by atomic mass is 35.5. The van der Waals surface area contributed by atoms with E-state index in [2.05, 4.69) is 20.3 Å². The summed E-state index contributed by atoms with van der Waals surface area (Å²) in [6.45, 7) is 0. The van der Waals surface area contributed by atoms with E-state index in [-0.39, 0.29) is 54.8 Å². The first kappa shape index (κ1) is 23.3. The minimum Gasteiger partial charge on any atom is -0.368 e. The molecule has 12 heteroatoms. The van der Waals surface area contributed by atoms with E-state index in [1.807, 2.05) is 0 Å². The number of nitrogens with two attached hydrogens (primary N) is 1. The molecule has 0 radical (unpaired) electrons. The number of nitrogens with zero attached hydrogens (tertiary/aromatic N) is 4. The molecule has 0 bridgehead atoms. The van der Waals surface area contributed by atoms with Gasteiger partial charge in [0.15, 0.2) is 0 Å². The molecule has 1 heterocycles. The van der Waals surface area contributed by atoms with Crippen LogP contribution < -0.4 is 16.0 Å². The fraction of sp³-hybridized carbons (Fsp3) is 0.600. The van der Waals surface area contributed by atoms with Crippen molar-refractivity contribution >= 4 is 70.4 Å². The number of rotatable bonds is 11. The number of nitrogen functional groups attached to an aromatic ring is 1. The molecule has 3 N–H and O–H groups in total. The predicted molar refractivity (Wildman–Crippen MR) is 105 cm³/mol. The second-order valence-corrected chi connectivity index (χ2v) is 6.50. The lowest BCUT2D eigenvalue weighted by atomic mass is 10.2. The second-order valence-electron chi connectivity index (χ2n) is 5.37. The van der Waals surface area contributed by atoms with Crippen LogP contribution >= 0.6 is 34.8 Å². The van der Waals surface area contributed by atoms with E-state index in [4.69, 9.17) is 40.5 Å². The zero-order valence-electron chi connectivity index (χ0n) is 14.6. The minimum atomic E-state index is -0.528. The Morgan fingerprint density at radius 1 is 0.852 bits per heavy atom. The highest BCUT2D eigenvalue weighted by molar-refractivity contribution is 6.19. The molecule has 1 rings (SSSR count). The number of aromatic nitrogens is 3. The van der Waals surface area contributed by atoms with Gasteiger partial charge < -0.3 is 5.73 Å². The molecular formula is C15H21Cl3N6O3. The lowest BCUT2D eigenvalue weighted by molar-refractivity contribution is -0.126. The molecule has 27 heavy (non-hydrogen) atoms. The zero-order chi connectivity index (χ0) is 20.2. The van der Waals surface area contributed by atoms with E-state index < -0.39 is 11.8 Å². The maximum absolute atomic E-state index is 12.5. The van der Waals surface area contributed by atoms with Gasteiger partial charge in [-0.25, -0.2) is 4.90 Å². The second kappa shape index (κ2) is 12.6. The Morgan fingerprint density at radius 2 is 1.37 bits per heavy atom. The molecule has 9 nitrogen and oxygen atoms in total. The molecule has 150 valence electrons. The number of hydrogen-bond acceptors (Lipinski definition) is 7. The Kier molecular flexibility index (Phi) is 10.9. The number of hydrogen-bond donors (Lipinski definition) is 2. The number of imide groups is 1. The molecule has 1 aromatic rings. The van der Waals surface area contributed by atoms with Crippen molar-refractivity contribution in [1.29, 1.82) is 0 Å². The maximum Gasteiger partial charge on any atom is 0.245 e. The van der Waals surface area contributed by atoms with Crippen molar-refractivity contribution in [1.82, 2.24) is 15.0 Å². The summed E-state index contributed by atoms with van der Waals surface area (Å²) in [7, 11) is 0. The number of amides is 3. The highest BCUT2D eigenvalue weighted by Crippen LogP contribution is 2.16. The van der Waals surface area contributed by atoms with Crippen LogP contribution in [-0.2, 0) is 14.4 Å². The number of halogens is 3. The summed E-state index contributed by atoms with van der Waals surface area (Å²) in [6.07, 6.45) is 1.45. The van der Waals surface area contributed by atoms with Gasteiger partial charge in [0.25, 0.3) is 0 Å². The van der Waals surface area contributed by atoms with Crippen molar-refractivity contribution in [2.45, 2.75) is 38.5 Å². The van der Waals surface area contributed by atoms with Crippen LogP contribution in [0.4, 0.5) is 17.8 Å². The normalized spacial score (nSPS) is 10.5. The average Bonchev–Trinajstić information content (AvgIpc) is 2.62. The smallest absolute Gasteiger partial charge is 0.245 e. The van der Waals surface area contributed by atoms with Gasteiger partial charge in [-0.2, -0.15) is 15.0 Å². The van der Waals surface area contributed by atoms with Gasteiger partial charge in [-0.3, -0.25) is 19.7 Å². The molecule has 3 amide bonds. The monoisotopic (exact) mass is 438 g/mol. The number of carbonyl (C=O) groups excluding carboxylic acids is 3. The summed E-state index contributed by atoms with van der Waals surface area (Å²) in [5, 5.41) is 2.45. The highest BCUT2D eigenvalue weighted by Gasteiger charge is 2.26. The standard InChI is InChI=1S/C15H21Cl3N6O3/c16-7-1-4-10(25)20-14-21-13(19)22-15(23-14)24(11(26)5-2-8-17)12(27)6-3-9-18/h1-9H2,(H3,19,20,21,22,23,25). The minimum absolute atomic E-state index is 0.0269. The predicted octanol–water partition coefficient (Wildman–Crippen LogP) is 2.31. The van der Waals surface area contributed by atoms with Gasteiger partial charge in [0.2, 0.25) is 35.6 Å². The number of anilines is 3. The lowest BCUT2D eigenvalue weighted by Gasteiger charge is -2.19. The molecule has 1 aromatic heterocycles. The molecule has 0 unspecified atom stereocenters. The number of alkyl halides is 3. The van der Waals surface area contributed by atoms with Crippen LogP contribution in [0, 0.1) is 0 Å². The molecule has 0 spiro atoms. The largest absolute Gasteiger partial charge is 0.368 e. The molecule has 0 fully saturated rings. The van der Waals surface area contributed by atoms with E-state index in [0.717, 1.165) is 4.90 Å². The van der Waals surface area contributed by atoms with Crippen LogP contribution in [0.25, 0.3) is 0 Å². The Bertz CT molecular complexity index is 642. The van der Waals surface area contributed by atoms with Gasteiger partial charge in [-0.05, 0) is 19.3 Å². The summed E-state index contributed by atoms with van der Waals surface area (Å²) < 4.78 is 0. The third-order valence-corrected chi connectivity index (χ3v) is 3.98. The third kappa shape index (κ3) is 8.23. The van der Waals surface area contributed by atoms with Crippen LogP contribution in [0.15, 0.2) is 0 Å². The van der Waals surface area contributed by atoms with Crippen LogP contribution in [0.5, 0.6) is 0 Å². The van der Waals surface area contributed by atoms with Gasteiger partial charge in [0.1, 0.15) is 0 Å². The van der Waals surface area contributed by atoms with E-state index >= 15 is 0 Å². The first-order chi connectivity index (χ1) is 12.9. The quantitative estimate of drug-likeness (QED) is 0.506. The van der Waals surface area contributed by atoms with Gasteiger partial charge >= 0.3 is 0 Å². The maximum atomic E-state index is 12.5. The van der Waals surface area contributed by atoms with E-state index in [1.54, 1.807) is 0 Å². The van der Waals surface area contributed by atoms with Gasteiger partial charge in [-0.1, -0.05) is 0 Å². The van der Waals surface area contributed by atoms with Crippen molar-refractivity contribution in [3.8, 4) is 0 Å². The van der Waals surface area contributed by atoms with E-state index in [0.29, 0.717) is 25.1 Å². The lowest BCUT2D eigenvalue weighted by Crippen LogP contribution is -2.38. The SMILES string of the molecule is Nc1nc(NC(=O)CCCCl)nc(N(C(=O)CCCCl)C(=O)CCCCl)n1. The van der Waals surface area contributed by atoms with Crippen molar-refractivity contribution in [3.63, 3.8) is 0 Å². The number of nitrogens with one attached hydrogen (secondary N) is 1. The molecule has 0 saturated heterocycles. The molecule has 0 aromatic carbocycles. The average molecular weight is 440 g/mol. The first-order valence-corrected chi connectivity index (χ1v) is 9.88. The summed E-state index contributed by atoms with van der Waals surface area (Å²) in [4.78, 5) is 49.2. The molecule has 0 aliphatic heterocycles. The fourth-order valence-corrected chi connectivity index (χ4v) is 2.37.